The second kappa shape index (κ2) is 11.2. The number of nitrogens with one attached hydrogen (secondary N) is 3. The molecular weight excluding hydrogens is 358 g/mol. The van der Waals surface area contributed by atoms with E-state index in [9.17, 15) is 9.59 Å². The molecule has 3 N–H and O–H groups in total. The Morgan fingerprint density at radius 2 is 1.68 bits per heavy atom. The summed E-state index contributed by atoms with van der Waals surface area (Å²) in [6.45, 7) is 6.70. The highest BCUT2D eigenvalue weighted by Gasteiger charge is 2.16. The summed E-state index contributed by atoms with van der Waals surface area (Å²) in [4.78, 5) is 29.1. The van der Waals surface area contributed by atoms with Gasteiger partial charge in [-0.05, 0) is 44.9 Å². The van der Waals surface area contributed by atoms with Gasteiger partial charge in [0.15, 0.2) is 5.96 Å². The van der Waals surface area contributed by atoms with Crippen molar-refractivity contribution in [1.29, 1.82) is 0 Å². The first-order valence-electron chi connectivity index (χ1n) is 9.34. The molecule has 0 unspecified atom stereocenters. The molecule has 0 bridgehead atoms. The molecule has 0 heterocycles. The molecule has 2 amide bonds. The third kappa shape index (κ3) is 9.80. The third-order valence-electron chi connectivity index (χ3n) is 3.66. The molecule has 8 heteroatoms. The zero-order chi connectivity index (χ0) is 21.2. The normalized spacial score (nSPS) is 11.6. The number of amides is 2. The highest BCUT2D eigenvalue weighted by atomic mass is 16.6. The lowest BCUT2D eigenvalue weighted by Crippen LogP contribution is -2.40. The number of hydrogen-bond acceptors (Lipinski definition) is 4. The maximum absolute atomic E-state index is 11.8. The second-order valence-corrected chi connectivity index (χ2v) is 7.54. The summed E-state index contributed by atoms with van der Waals surface area (Å²) in [7, 11) is 5.17. The minimum atomic E-state index is -0.526. The zero-order valence-electron chi connectivity index (χ0n) is 17.8. The Balaban J connectivity index is 2.36. The molecule has 0 fully saturated rings. The van der Waals surface area contributed by atoms with Crippen LogP contribution in [0.1, 0.15) is 32.8 Å². The average molecular weight is 392 g/mol. The molecule has 0 aliphatic carbocycles. The van der Waals surface area contributed by atoms with E-state index in [2.05, 4.69) is 20.9 Å². The van der Waals surface area contributed by atoms with Crippen LogP contribution in [0.15, 0.2) is 29.3 Å². The van der Waals surface area contributed by atoms with Crippen LogP contribution in [-0.2, 0) is 16.0 Å². The van der Waals surface area contributed by atoms with Crippen molar-refractivity contribution in [3.63, 3.8) is 0 Å². The number of aliphatic imine (C=N–C) groups is 1. The van der Waals surface area contributed by atoms with Gasteiger partial charge in [-0.25, -0.2) is 4.79 Å². The molecule has 0 aliphatic heterocycles. The van der Waals surface area contributed by atoms with Gasteiger partial charge in [0.2, 0.25) is 5.91 Å². The molecule has 28 heavy (non-hydrogen) atoms. The SMILES string of the molecule is CN=C(NCCC(=O)N(C)C)NCCc1ccc(NC(=O)OC(C)(C)C)cc1. The molecule has 1 rings (SSSR count). The quantitative estimate of drug-likeness (QED) is 0.489. The Bertz CT molecular complexity index is 663. The van der Waals surface area contributed by atoms with E-state index in [1.807, 2.05) is 45.0 Å². The topological polar surface area (TPSA) is 95.1 Å². The van der Waals surface area contributed by atoms with Crippen molar-refractivity contribution in [2.75, 3.05) is 39.5 Å². The summed E-state index contributed by atoms with van der Waals surface area (Å²) < 4.78 is 5.23. The summed E-state index contributed by atoms with van der Waals surface area (Å²) in [6.07, 6.45) is 0.744. The predicted octanol–water partition coefficient (Wildman–Crippen LogP) is 2.22. The molecule has 0 spiro atoms. The van der Waals surface area contributed by atoms with E-state index in [0.29, 0.717) is 31.2 Å². The Morgan fingerprint density at radius 1 is 1.07 bits per heavy atom. The summed E-state index contributed by atoms with van der Waals surface area (Å²) in [5, 5.41) is 9.05. The summed E-state index contributed by atoms with van der Waals surface area (Å²) >= 11 is 0. The van der Waals surface area contributed by atoms with Gasteiger partial charge in [-0.3, -0.25) is 15.1 Å². The fourth-order valence-corrected chi connectivity index (χ4v) is 2.23. The van der Waals surface area contributed by atoms with E-state index in [1.54, 1.807) is 26.0 Å². The highest BCUT2D eigenvalue weighted by molar-refractivity contribution is 5.84. The number of ether oxygens (including phenoxy) is 1. The van der Waals surface area contributed by atoms with Crippen LogP contribution in [0.4, 0.5) is 10.5 Å². The Labute approximate surface area is 167 Å². The van der Waals surface area contributed by atoms with Crippen molar-refractivity contribution in [1.82, 2.24) is 15.5 Å². The van der Waals surface area contributed by atoms with E-state index < -0.39 is 11.7 Å². The Morgan fingerprint density at radius 3 is 2.21 bits per heavy atom. The van der Waals surface area contributed by atoms with Gasteiger partial charge in [-0.15, -0.1) is 0 Å². The summed E-state index contributed by atoms with van der Waals surface area (Å²) in [5.41, 5.74) is 1.29. The Hall–Kier alpha value is -2.77. The lowest BCUT2D eigenvalue weighted by molar-refractivity contribution is -0.128. The molecule has 0 aliphatic rings. The summed E-state index contributed by atoms with van der Waals surface area (Å²) in [5.74, 6) is 0.734. The Kier molecular flexibility index (Phi) is 9.27. The zero-order valence-corrected chi connectivity index (χ0v) is 17.8. The van der Waals surface area contributed by atoms with Gasteiger partial charge in [0.05, 0.1) is 0 Å². The standard InChI is InChI=1S/C20H33N5O3/c1-20(2,3)28-19(27)24-16-9-7-15(8-10-16)11-13-22-18(21-4)23-14-12-17(26)25(5)6/h7-10H,11-14H2,1-6H3,(H,24,27)(H2,21,22,23). The lowest BCUT2D eigenvalue weighted by atomic mass is 10.1. The number of hydrogen-bond donors (Lipinski definition) is 3. The van der Waals surface area contributed by atoms with E-state index in [-0.39, 0.29) is 5.91 Å². The molecule has 0 saturated carbocycles. The van der Waals surface area contributed by atoms with Crippen molar-refractivity contribution in [2.24, 2.45) is 4.99 Å². The number of carbonyl (C=O) groups excluding carboxylic acids is 2. The van der Waals surface area contributed by atoms with E-state index >= 15 is 0 Å². The van der Waals surface area contributed by atoms with Gasteiger partial charge in [0, 0.05) is 46.3 Å². The third-order valence-corrected chi connectivity index (χ3v) is 3.66. The lowest BCUT2D eigenvalue weighted by Gasteiger charge is -2.19. The van der Waals surface area contributed by atoms with Gasteiger partial charge in [0.1, 0.15) is 5.60 Å². The van der Waals surface area contributed by atoms with Crippen molar-refractivity contribution in [3.8, 4) is 0 Å². The number of carbonyl (C=O) groups is 2. The fourth-order valence-electron chi connectivity index (χ4n) is 2.23. The van der Waals surface area contributed by atoms with Gasteiger partial charge in [-0.1, -0.05) is 12.1 Å². The molecule has 1 aromatic carbocycles. The van der Waals surface area contributed by atoms with Crippen molar-refractivity contribution < 1.29 is 14.3 Å². The number of anilines is 1. The summed E-state index contributed by atoms with van der Waals surface area (Å²) in [6, 6.07) is 7.61. The minimum absolute atomic E-state index is 0.0723. The first-order chi connectivity index (χ1) is 13.1. The molecule has 1 aromatic rings. The van der Waals surface area contributed by atoms with Crippen LogP contribution in [-0.4, -0.2) is 62.7 Å². The van der Waals surface area contributed by atoms with Crippen LogP contribution in [0.2, 0.25) is 0 Å². The number of rotatable bonds is 7. The fraction of sp³-hybridized carbons (Fsp3) is 0.550. The van der Waals surface area contributed by atoms with Crippen LogP contribution >= 0.6 is 0 Å². The van der Waals surface area contributed by atoms with Crippen LogP contribution in [0, 0.1) is 0 Å². The monoisotopic (exact) mass is 391 g/mol. The van der Waals surface area contributed by atoms with Gasteiger partial charge < -0.3 is 20.3 Å². The minimum Gasteiger partial charge on any atom is -0.444 e. The molecule has 0 radical (unpaired) electrons. The molecule has 0 aromatic heterocycles. The van der Waals surface area contributed by atoms with Crippen LogP contribution in [0.5, 0.6) is 0 Å². The number of benzene rings is 1. The van der Waals surface area contributed by atoms with Gasteiger partial charge in [0.25, 0.3) is 0 Å². The molecule has 156 valence electrons. The van der Waals surface area contributed by atoms with Crippen molar-refractivity contribution in [3.05, 3.63) is 29.8 Å². The molecule has 8 nitrogen and oxygen atoms in total. The second-order valence-electron chi connectivity index (χ2n) is 7.54. The van der Waals surface area contributed by atoms with Gasteiger partial charge in [-0.2, -0.15) is 0 Å². The number of guanidine groups is 1. The van der Waals surface area contributed by atoms with E-state index in [4.69, 9.17) is 4.74 Å². The highest BCUT2D eigenvalue weighted by Crippen LogP contribution is 2.13. The number of nitrogens with zero attached hydrogens (tertiary/aromatic N) is 2. The predicted molar refractivity (Wildman–Crippen MR) is 113 cm³/mol. The van der Waals surface area contributed by atoms with Crippen molar-refractivity contribution >= 4 is 23.6 Å². The first kappa shape index (κ1) is 23.3. The molecular formula is C20H33N5O3. The van der Waals surface area contributed by atoms with E-state index in [0.717, 1.165) is 12.0 Å². The first-order valence-corrected chi connectivity index (χ1v) is 9.34. The van der Waals surface area contributed by atoms with Crippen LogP contribution in [0.25, 0.3) is 0 Å². The average Bonchev–Trinajstić information content (AvgIpc) is 2.59. The maximum Gasteiger partial charge on any atom is 0.412 e. The van der Waals surface area contributed by atoms with Crippen LogP contribution < -0.4 is 16.0 Å². The maximum atomic E-state index is 11.8. The molecule has 0 saturated heterocycles. The van der Waals surface area contributed by atoms with Crippen LogP contribution in [0.3, 0.4) is 0 Å². The van der Waals surface area contributed by atoms with Crippen molar-refractivity contribution in [2.45, 2.75) is 39.2 Å². The van der Waals surface area contributed by atoms with E-state index in [1.165, 1.54) is 0 Å². The largest absolute Gasteiger partial charge is 0.444 e. The van der Waals surface area contributed by atoms with Gasteiger partial charge >= 0.3 is 6.09 Å². The smallest absolute Gasteiger partial charge is 0.412 e. The molecule has 0 atom stereocenters.